The SMILES string of the molecule is CC/C=C\C/C=C\C/C=C\C/C=C\C/C=C\CCCC(=O)OC(COC(=O)CCCCCCCC/C=C\C/C=C\C/C=C\CCCCC)COC(=O)CCCCCCCCC/C=C\C/C=C\CCCCC. The molecule has 0 aromatic carbocycles. The van der Waals surface area contributed by atoms with Crippen molar-refractivity contribution >= 4 is 17.9 Å². The summed E-state index contributed by atoms with van der Waals surface area (Å²) >= 11 is 0. The normalized spacial score (nSPS) is 13.0. The van der Waals surface area contributed by atoms with E-state index in [-0.39, 0.29) is 37.5 Å². The van der Waals surface area contributed by atoms with Crippen LogP contribution in [0.15, 0.2) is 122 Å². The zero-order valence-electron chi connectivity index (χ0n) is 45.9. The molecule has 0 aliphatic rings. The Morgan fingerprint density at radius 2 is 0.563 bits per heavy atom. The second-order valence-corrected chi connectivity index (χ2v) is 18.8. The van der Waals surface area contributed by atoms with Crippen molar-refractivity contribution < 1.29 is 28.6 Å². The van der Waals surface area contributed by atoms with Crippen molar-refractivity contribution in [1.82, 2.24) is 0 Å². The van der Waals surface area contributed by atoms with Crippen LogP contribution in [0.3, 0.4) is 0 Å². The van der Waals surface area contributed by atoms with Gasteiger partial charge in [-0.1, -0.05) is 226 Å². The van der Waals surface area contributed by atoms with Crippen molar-refractivity contribution in [2.75, 3.05) is 13.2 Å². The largest absolute Gasteiger partial charge is 0.462 e. The second-order valence-electron chi connectivity index (χ2n) is 18.8. The van der Waals surface area contributed by atoms with E-state index < -0.39 is 6.10 Å². The Kier molecular flexibility index (Phi) is 54.9. The Labute approximate surface area is 437 Å². The van der Waals surface area contributed by atoms with Gasteiger partial charge in [0.25, 0.3) is 0 Å². The number of allylic oxidation sites excluding steroid dienone is 20. The topological polar surface area (TPSA) is 78.9 Å². The lowest BCUT2D eigenvalue weighted by molar-refractivity contribution is -0.167. The summed E-state index contributed by atoms with van der Waals surface area (Å²) in [5.74, 6) is -0.992. The third-order valence-electron chi connectivity index (χ3n) is 11.9. The average molecular weight is 984 g/mol. The Hall–Kier alpha value is -4.19. The summed E-state index contributed by atoms with van der Waals surface area (Å²) in [5.41, 5.74) is 0. The minimum absolute atomic E-state index is 0.112. The Balaban J connectivity index is 4.52. The first-order chi connectivity index (χ1) is 35.0. The van der Waals surface area contributed by atoms with Gasteiger partial charge in [-0.05, 0) is 128 Å². The van der Waals surface area contributed by atoms with Crippen LogP contribution in [-0.4, -0.2) is 37.2 Å². The quantitative estimate of drug-likeness (QED) is 0.0261. The van der Waals surface area contributed by atoms with Gasteiger partial charge in [-0.2, -0.15) is 0 Å². The first-order valence-electron chi connectivity index (χ1n) is 29.0. The molecule has 0 bridgehead atoms. The van der Waals surface area contributed by atoms with Crippen LogP contribution in [0.25, 0.3) is 0 Å². The maximum Gasteiger partial charge on any atom is 0.306 e. The van der Waals surface area contributed by atoms with E-state index in [4.69, 9.17) is 14.2 Å². The zero-order chi connectivity index (χ0) is 51.4. The molecule has 1 unspecified atom stereocenters. The van der Waals surface area contributed by atoms with Gasteiger partial charge in [0.2, 0.25) is 0 Å². The molecule has 0 N–H and O–H groups in total. The molecule has 1 atom stereocenters. The van der Waals surface area contributed by atoms with E-state index in [2.05, 4.69) is 142 Å². The van der Waals surface area contributed by atoms with E-state index in [1.165, 1.54) is 89.9 Å². The molecule has 0 rings (SSSR count). The molecule has 0 aromatic heterocycles. The summed E-state index contributed by atoms with van der Waals surface area (Å²) in [4.78, 5) is 38.2. The molecule has 0 fully saturated rings. The number of esters is 3. The van der Waals surface area contributed by atoms with Crippen molar-refractivity contribution in [2.45, 2.75) is 258 Å². The third-order valence-corrected chi connectivity index (χ3v) is 11.9. The van der Waals surface area contributed by atoms with Crippen molar-refractivity contribution in [3.05, 3.63) is 122 Å². The number of hydrogen-bond donors (Lipinski definition) is 0. The summed E-state index contributed by atoms with van der Waals surface area (Å²) in [5, 5.41) is 0. The number of unbranched alkanes of at least 4 members (excludes halogenated alkanes) is 20. The first kappa shape index (κ1) is 66.8. The van der Waals surface area contributed by atoms with Crippen molar-refractivity contribution in [3.63, 3.8) is 0 Å². The molecule has 0 heterocycles. The average Bonchev–Trinajstić information content (AvgIpc) is 3.37. The number of rotatable bonds is 51. The minimum atomic E-state index is -0.821. The highest BCUT2D eigenvalue weighted by Crippen LogP contribution is 2.13. The predicted octanol–water partition coefficient (Wildman–Crippen LogP) is 19.6. The highest BCUT2D eigenvalue weighted by atomic mass is 16.6. The van der Waals surface area contributed by atoms with Crippen LogP contribution >= 0.6 is 0 Å². The maximum atomic E-state index is 12.8. The van der Waals surface area contributed by atoms with Crippen molar-refractivity contribution in [2.24, 2.45) is 0 Å². The molecule has 0 aliphatic heterocycles. The molecule has 0 saturated heterocycles. The van der Waals surface area contributed by atoms with Gasteiger partial charge < -0.3 is 14.2 Å². The zero-order valence-corrected chi connectivity index (χ0v) is 45.9. The lowest BCUT2D eigenvalue weighted by Crippen LogP contribution is -2.30. The maximum absolute atomic E-state index is 12.8. The molecule has 0 radical (unpaired) electrons. The van der Waals surface area contributed by atoms with Crippen LogP contribution in [0.1, 0.15) is 252 Å². The van der Waals surface area contributed by atoms with Crippen molar-refractivity contribution in [1.29, 1.82) is 0 Å². The van der Waals surface area contributed by atoms with Gasteiger partial charge in [-0.25, -0.2) is 0 Å². The number of carbonyl (C=O) groups excluding carboxylic acids is 3. The Morgan fingerprint density at radius 1 is 0.296 bits per heavy atom. The van der Waals surface area contributed by atoms with Gasteiger partial charge in [-0.15, -0.1) is 0 Å². The number of ether oxygens (including phenoxy) is 3. The number of carbonyl (C=O) groups is 3. The lowest BCUT2D eigenvalue weighted by atomic mass is 10.1. The minimum Gasteiger partial charge on any atom is -0.462 e. The van der Waals surface area contributed by atoms with Crippen molar-refractivity contribution in [3.8, 4) is 0 Å². The van der Waals surface area contributed by atoms with E-state index in [1.54, 1.807) is 0 Å². The smallest absolute Gasteiger partial charge is 0.306 e. The molecule has 0 aliphatic carbocycles. The second kappa shape index (κ2) is 58.4. The van der Waals surface area contributed by atoms with Crippen LogP contribution in [0, 0.1) is 0 Å². The fourth-order valence-corrected chi connectivity index (χ4v) is 7.57. The van der Waals surface area contributed by atoms with Crippen LogP contribution in [0.2, 0.25) is 0 Å². The fraction of sp³-hybridized carbons (Fsp3) is 0.646. The van der Waals surface area contributed by atoms with Gasteiger partial charge in [0.1, 0.15) is 13.2 Å². The molecule has 71 heavy (non-hydrogen) atoms. The van der Waals surface area contributed by atoms with Gasteiger partial charge in [0.15, 0.2) is 6.10 Å². The highest BCUT2D eigenvalue weighted by Gasteiger charge is 2.19. The Morgan fingerprint density at radius 3 is 0.901 bits per heavy atom. The standard InChI is InChI=1S/C65H106O6/c1-4-7-10-13-16-19-22-25-28-31-32-35-37-40-43-46-49-52-55-58-64(67)70-61-62(71-65(68)59-56-53-50-47-44-41-38-34-30-27-24-21-18-15-12-9-6-3)60-69-63(66)57-54-51-48-45-42-39-36-33-29-26-23-20-17-14-11-8-5-2/h9,12,16-21,25-30,32,35,38,41,47,50,62H,4-8,10-11,13-15,22-24,31,33-34,36-37,39-40,42-46,48-49,51-61H2,1-3H3/b12-9-,19-16-,20-17-,21-18-,28-25-,29-26-,30-27-,35-32-,41-38-,50-47-. The molecular formula is C65H106O6. The molecule has 6 nitrogen and oxygen atoms in total. The van der Waals surface area contributed by atoms with Crippen LogP contribution in [0.4, 0.5) is 0 Å². The van der Waals surface area contributed by atoms with Crippen LogP contribution < -0.4 is 0 Å². The van der Waals surface area contributed by atoms with Gasteiger partial charge in [0, 0.05) is 19.3 Å². The number of hydrogen-bond acceptors (Lipinski definition) is 6. The summed E-state index contributed by atoms with van der Waals surface area (Å²) in [6.07, 6.45) is 80.4. The molecule has 0 spiro atoms. The molecule has 0 saturated carbocycles. The summed E-state index contributed by atoms with van der Waals surface area (Å²) < 4.78 is 16.8. The van der Waals surface area contributed by atoms with E-state index in [9.17, 15) is 14.4 Å². The fourth-order valence-electron chi connectivity index (χ4n) is 7.57. The third kappa shape index (κ3) is 56.6. The summed E-state index contributed by atoms with van der Waals surface area (Å²) in [6, 6.07) is 0. The van der Waals surface area contributed by atoms with Crippen LogP contribution in [-0.2, 0) is 28.6 Å². The van der Waals surface area contributed by atoms with E-state index in [0.29, 0.717) is 19.3 Å². The molecule has 0 amide bonds. The van der Waals surface area contributed by atoms with E-state index in [1.807, 2.05) is 0 Å². The molecule has 402 valence electrons. The summed E-state index contributed by atoms with van der Waals surface area (Å²) in [7, 11) is 0. The highest BCUT2D eigenvalue weighted by molar-refractivity contribution is 5.71. The monoisotopic (exact) mass is 983 g/mol. The molecular weight excluding hydrogens is 877 g/mol. The molecule has 0 aromatic rings. The predicted molar refractivity (Wildman–Crippen MR) is 306 cm³/mol. The first-order valence-corrected chi connectivity index (χ1v) is 29.0. The van der Waals surface area contributed by atoms with Gasteiger partial charge >= 0.3 is 17.9 Å². The van der Waals surface area contributed by atoms with E-state index in [0.717, 1.165) is 116 Å². The Bertz CT molecular complexity index is 1500. The van der Waals surface area contributed by atoms with E-state index >= 15 is 0 Å². The van der Waals surface area contributed by atoms with Crippen LogP contribution in [0.5, 0.6) is 0 Å². The lowest BCUT2D eigenvalue weighted by Gasteiger charge is -2.18. The van der Waals surface area contributed by atoms with Gasteiger partial charge in [0.05, 0.1) is 0 Å². The molecule has 6 heteroatoms. The summed E-state index contributed by atoms with van der Waals surface area (Å²) in [6.45, 7) is 6.41. The van der Waals surface area contributed by atoms with Gasteiger partial charge in [-0.3, -0.25) is 14.4 Å².